The molecule has 4 bridgehead atoms. The number of fused-ring (bicyclic) bond motifs is 4. The molecule has 0 radical (unpaired) electrons. The second-order valence-electron chi connectivity index (χ2n) is 12.1. The molecule has 1 aromatic carbocycles. The van der Waals surface area contributed by atoms with Gasteiger partial charge in [-0.15, -0.1) is 0 Å². The molecule has 9 heteroatoms. The van der Waals surface area contributed by atoms with Crippen LogP contribution in [0.1, 0.15) is 49.7 Å². The van der Waals surface area contributed by atoms with Crippen molar-refractivity contribution in [3.8, 4) is 11.5 Å². The van der Waals surface area contributed by atoms with Crippen molar-refractivity contribution in [2.75, 3.05) is 30.3 Å². The molecule has 2 spiro atoms. The fraction of sp³-hybridized carbons (Fsp3) is 0.593. The Morgan fingerprint density at radius 1 is 1.14 bits per heavy atom. The van der Waals surface area contributed by atoms with E-state index in [1.807, 2.05) is 6.07 Å². The summed E-state index contributed by atoms with van der Waals surface area (Å²) in [5, 5.41) is 11.0. The van der Waals surface area contributed by atoms with Gasteiger partial charge in [-0.2, -0.15) is 9.97 Å². The number of hydrogen-bond donors (Lipinski definition) is 3. The number of aromatic nitrogens is 4. The van der Waals surface area contributed by atoms with Crippen LogP contribution in [0.2, 0.25) is 0 Å². The van der Waals surface area contributed by atoms with E-state index in [-0.39, 0.29) is 28.9 Å². The third kappa shape index (κ3) is 2.21. The predicted molar refractivity (Wildman–Crippen MR) is 134 cm³/mol. The molecule has 5 fully saturated rings. The summed E-state index contributed by atoms with van der Waals surface area (Å²) in [7, 11) is 0. The molecule has 3 saturated heterocycles. The number of likely N-dealkylation sites (tertiary alicyclic amines) is 1. The summed E-state index contributed by atoms with van der Waals surface area (Å²) in [5.41, 5.74) is 10.4. The molecule has 0 unspecified atom stereocenters. The van der Waals surface area contributed by atoms with Crippen LogP contribution >= 0.6 is 0 Å². The molecule has 7 aliphatic rings. The highest BCUT2D eigenvalue weighted by Gasteiger charge is 2.74. The van der Waals surface area contributed by atoms with Crippen LogP contribution in [0.4, 0.5) is 11.8 Å². The molecule has 4 N–H and O–H groups in total. The summed E-state index contributed by atoms with van der Waals surface area (Å²) in [4.78, 5) is 22.0. The van der Waals surface area contributed by atoms with Crippen molar-refractivity contribution in [1.29, 1.82) is 0 Å². The minimum atomic E-state index is -0.0667. The van der Waals surface area contributed by atoms with E-state index in [1.54, 1.807) is 6.33 Å². The Hall–Kier alpha value is -3.07. The lowest BCUT2D eigenvalue weighted by molar-refractivity contribution is -0.124. The van der Waals surface area contributed by atoms with E-state index < -0.39 is 0 Å². The van der Waals surface area contributed by atoms with Crippen LogP contribution in [0.15, 0.2) is 18.5 Å². The number of hydrogen-bond acceptors (Lipinski definition) is 8. The number of rotatable bonds is 3. The van der Waals surface area contributed by atoms with Crippen LogP contribution in [0.25, 0.3) is 11.2 Å². The number of aromatic amines is 1. The number of nitrogens with zero attached hydrogens (tertiary/aromatic N) is 5. The molecule has 9 nitrogen and oxygen atoms in total. The minimum Gasteiger partial charge on any atom is -0.504 e. The third-order valence-corrected chi connectivity index (χ3v) is 10.8. The van der Waals surface area contributed by atoms with Gasteiger partial charge in [0.15, 0.2) is 23.0 Å². The van der Waals surface area contributed by atoms with Crippen LogP contribution in [0.3, 0.4) is 0 Å². The van der Waals surface area contributed by atoms with E-state index in [1.165, 1.54) is 36.9 Å². The first kappa shape index (κ1) is 20.0. The van der Waals surface area contributed by atoms with E-state index in [9.17, 15) is 5.11 Å². The van der Waals surface area contributed by atoms with Crippen molar-refractivity contribution < 1.29 is 9.84 Å². The number of piperidine rings is 1. The molecule has 36 heavy (non-hydrogen) atoms. The van der Waals surface area contributed by atoms with Crippen molar-refractivity contribution >= 4 is 22.9 Å². The number of nitrogens with one attached hydrogen (secondary N) is 1. The van der Waals surface area contributed by atoms with E-state index in [2.05, 4.69) is 30.8 Å². The topological polar surface area (TPSA) is 116 Å². The van der Waals surface area contributed by atoms with Gasteiger partial charge < -0.3 is 25.5 Å². The number of anilines is 2. The number of phenolic OH excluding ortho intramolecular Hbond substituents is 1. The molecule has 3 aliphatic carbocycles. The Bertz CT molecular complexity index is 1430. The van der Waals surface area contributed by atoms with Crippen LogP contribution < -0.4 is 15.4 Å². The Balaban J connectivity index is 1.26. The zero-order valence-electron chi connectivity index (χ0n) is 20.3. The van der Waals surface area contributed by atoms with Crippen molar-refractivity contribution in [3.05, 3.63) is 29.6 Å². The fourth-order valence-corrected chi connectivity index (χ4v) is 9.29. The highest BCUT2D eigenvalue weighted by atomic mass is 16.5. The summed E-state index contributed by atoms with van der Waals surface area (Å²) in [6.45, 7) is 3.27. The summed E-state index contributed by atoms with van der Waals surface area (Å²) in [5.74, 6) is 3.00. The molecular formula is C27H31N7O2. The molecular weight excluding hydrogens is 454 g/mol. The molecule has 5 atom stereocenters. The molecule has 10 rings (SSSR count). The number of nitrogen functional groups attached to an aromatic ring is 1. The largest absolute Gasteiger partial charge is 0.504 e. The molecule has 2 saturated carbocycles. The normalized spacial score (nSPS) is 36.1. The highest BCUT2D eigenvalue weighted by molar-refractivity contribution is 5.84. The smallest absolute Gasteiger partial charge is 0.224 e. The first-order valence-electron chi connectivity index (χ1n) is 13.6. The van der Waals surface area contributed by atoms with Crippen LogP contribution in [-0.4, -0.2) is 67.8 Å². The second-order valence-corrected chi connectivity index (χ2v) is 12.1. The van der Waals surface area contributed by atoms with Gasteiger partial charge in [-0.25, -0.2) is 4.98 Å². The van der Waals surface area contributed by atoms with E-state index in [4.69, 9.17) is 15.5 Å². The summed E-state index contributed by atoms with van der Waals surface area (Å²) >= 11 is 0. The van der Waals surface area contributed by atoms with Crippen molar-refractivity contribution in [1.82, 2.24) is 24.8 Å². The number of nitrogens with two attached hydrogens (primary N) is 1. The quantitative estimate of drug-likeness (QED) is 0.519. The van der Waals surface area contributed by atoms with Gasteiger partial charge in [-0.3, -0.25) is 4.90 Å². The van der Waals surface area contributed by atoms with Gasteiger partial charge in [-0.05, 0) is 69.0 Å². The second kappa shape index (κ2) is 6.43. The van der Waals surface area contributed by atoms with Crippen LogP contribution in [0.5, 0.6) is 11.5 Å². The van der Waals surface area contributed by atoms with E-state index >= 15 is 0 Å². The van der Waals surface area contributed by atoms with Gasteiger partial charge in [-0.1, -0.05) is 6.07 Å². The zero-order chi connectivity index (χ0) is 23.8. The van der Waals surface area contributed by atoms with Crippen molar-refractivity contribution in [3.63, 3.8) is 0 Å². The molecule has 2 aromatic heterocycles. The lowest BCUT2D eigenvalue weighted by atomic mass is 9.42. The van der Waals surface area contributed by atoms with Crippen LogP contribution in [0, 0.1) is 11.3 Å². The maximum atomic E-state index is 11.0. The lowest BCUT2D eigenvalue weighted by Crippen LogP contribution is -2.72. The number of imidazole rings is 1. The number of aromatic hydroxyl groups is 1. The Kier molecular flexibility index (Phi) is 3.58. The fourth-order valence-electron chi connectivity index (χ4n) is 9.29. The SMILES string of the molecule is Nc1nc(N2CC[C@@]34CC[C@@H]2[C@@H]2Oc5c(O)ccc6c5[C@@]23CCN(CC2CC2)[C@H]4C6)c2[nH]cnc2n1. The van der Waals surface area contributed by atoms with Gasteiger partial charge in [0.25, 0.3) is 0 Å². The molecule has 3 aromatic rings. The summed E-state index contributed by atoms with van der Waals surface area (Å²) in [6, 6.07) is 4.70. The Morgan fingerprint density at radius 3 is 2.94 bits per heavy atom. The molecule has 4 aliphatic heterocycles. The average Bonchev–Trinajstić information content (AvgIpc) is 3.52. The lowest BCUT2D eigenvalue weighted by Gasteiger charge is -2.66. The standard InChI is InChI=1S/C27H31N7O2/c28-25-31-23-20(29-13-30-23)24(32-25)34-10-7-26-6-5-16(34)22-27(26)8-9-33(12-14-1-2-14)18(26)11-15-3-4-17(35)21(36-22)19(15)27/h3-4,13-14,16,18,22,35H,1-2,5-12H2,(H3,28,29,30,31,32)/t16-,18+,22+,26-,27+/m1/s1. The molecule has 6 heterocycles. The summed E-state index contributed by atoms with van der Waals surface area (Å²) in [6.07, 6.45) is 9.89. The maximum absolute atomic E-state index is 11.0. The number of H-pyrrole nitrogens is 1. The molecule has 186 valence electrons. The number of benzene rings is 1. The first-order valence-corrected chi connectivity index (χ1v) is 13.6. The van der Waals surface area contributed by atoms with Crippen LogP contribution in [-0.2, 0) is 11.8 Å². The number of ether oxygens (including phenoxy) is 1. The zero-order valence-corrected chi connectivity index (χ0v) is 20.3. The van der Waals surface area contributed by atoms with Gasteiger partial charge in [0.1, 0.15) is 11.6 Å². The Morgan fingerprint density at radius 2 is 2.06 bits per heavy atom. The Labute approximate surface area is 209 Å². The predicted octanol–water partition coefficient (Wildman–Crippen LogP) is 2.74. The minimum absolute atomic E-state index is 0.0177. The van der Waals surface area contributed by atoms with Crippen molar-refractivity contribution in [2.24, 2.45) is 11.3 Å². The maximum Gasteiger partial charge on any atom is 0.224 e. The van der Waals surface area contributed by atoms with E-state index in [0.29, 0.717) is 17.4 Å². The van der Waals surface area contributed by atoms with Crippen molar-refractivity contribution in [2.45, 2.75) is 68.5 Å². The monoisotopic (exact) mass is 485 g/mol. The van der Waals surface area contributed by atoms with Gasteiger partial charge >= 0.3 is 0 Å². The van der Waals surface area contributed by atoms with Gasteiger partial charge in [0.05, 0.1) is 12.4 Å². The van der Waals surface area contributed by atoms with E-state index in [0.717, 1.165) is 61.8 Å². The molecule has 0 amide bonds. The van der Waals surface area contributed by atoms with Gasteiger partial charge in [0, 0.05) is 35.5 Å². The highest BCUT2D eigenvalue weighted by Crippen LogP contribution is 2.71. The first-order chi connectivity index (χ1) is 17.6. The average molecular weight is 486 g/mol. The summed E-state index contributed by atoms with van der Waals surface area (Å²) < 4.78 is 6.91. The third-order valence-electron chi connectivity index (χ3n) is 10.8. The number of phenols is 1. The van der Waals surface area contributed by atoms with Gasteiger partial charge in [0.2, 0.25) is 5.95 Å².